The Morgan fingerprint density at radius 2 is 1.89 bits per heavy atom. The van der Waals surface area contributed by atoms with E-state index in [4.69, 9.17) is 5.41 Å². The Bertz CT molecular complexity index is 1290. The largest absolute Gasteiger partial charge is 0.318 e. The van der Waals surface area contributed by atoms with Crippen LogP contribution in [0.15, 0.2) is 39.9 Å². The number of aliphatic imine (C=N–C) groups is 1. The first-order chi connectivity index (χ1) is 16.8. The monoisotopic (exact) mass is 487 g/mol. The summed E-state index contributed by atoms with van der Waals surface area (Å²) in [5.74, 6) is 0.515. The second kappa shape index (κ2) is 9.61. The second-order valence-corrected chi connectivity index (χ2v) is 11.0. The molecule has 1 amide bonds. The van der Waals surface area contributed by atoms with Crippen molar-refractivity contribution in [1.82, 2.24) is 9.58 Å². The molecular weight excluding hydrogens is 454 g/mol. The number of hydrogen-bond acceptors (Lipinski definition) is 4. The van der Waals surface area contributed by atoms with E-state index in [1.807, 2.05) is 0 Å². The van der Waals surface area contributed by atoms with Crippen molar-refractivity contribution < 1.29 is 4.79 Å². The van der Waals surface area contributed by atoms with Gasteiger partial charge in [0.15, 0.2) is 5.84 Å². The number of carbonyl (C=O) groups is 1. The van der Waals surface area contributed by atoms with Crippen molar-refractivity contribution >= 4 is 39.8 Å². The number of hydrazone groups is 1. The summed E-state index contributed by atoms with van der Waals surface area (Å²) in [6.45, 7) is 8.33. The molecule has 0 unspecified atom stereocenters. The highest BCUT2D eigenvalue weighted by atomic mass is 32.2. The maximum atomic E-state index is 12.9. The highest BCUT2D eigenvalue weighted by Gasteiger charge is 2.36. The summed E-state index contributed by atoms with van der Waals surface area (Å²) in [5, 5.41) is 16.4. The van der Waals surface area contributed by atoms with E-state index in [1.165, 1.54) is 60.0 Å². The summed E-state index contributed by atoms with van der Waals surface area (Å²) < 4.78 is 2.22. The van der Waals surface area contributed by atoms with Crippen LogP contribution in [0.25, 0.3) is 11.8 Å². The average Bonchev–Trinajstić information content (AvgIpc) is 3.37. The van der Waals surface area contributed by atoms with Crippen LogP contribution in [0.3, 0.4) is 0 Å². The molecule has 0 saturated heterocycles. The van der Waals surface area contributed by atoms with E-state index < -0.39 is 0 Å². The van der Waals surface area contributed by atoms with Crippen LogP contribution in [0, 0.1) is 39.0 Å². The van der Waals surface area contributed by atoms with Gasteiger partial charge in [0.2, 0.25) is 5.17 Å². The summed E-state index contributed by atoms with van der Waals surface area (Å²) in [7, 11) is 0. The number of fused-ring (bicyclic) bond motifs is 1. The summed E-state index contributed by atoms with van der Waals surface area (Å²) in [6.07, 6.45) is 10.5. The molecule has 0 bridgehead atoms. The van der Waals surface area contributed by atoms with Gasteiger partial charge in [0.25, 0.3) is 5.91 Å². The van der Waals surface area contributed by atoms with Gasteiger partial charge in [0.1, 0.15) is 5.04 Å². The molecule has 5 rings (SSSR count). The molecule has 0 radical (unpaired) electrons. The van der Waals surface area contributed by atoms with E-state index in [2.05, 4.69) is 66.6 Å². The molecule has 2 aliphatic heterocycles. The molecular formula is C28H33N5OS. The normalized spacial score (nSPS) is 19.9. The van der Waals surface area contributed by atoms with Crippen LogP contribution in [-0.4, -0.2) is 31.5 Å². The van der Waals surface area contributed by atoms with E-state index in [-0.39, 0.29) is 17.3 Å². The highest BCUT2D eigenvalue weighted by Crippen LogP contribution is 2.34. The number of nitrogens with one attached hydrogen (secondary N) is 1. The number of benzene rings is 1. The van der Waals surface area contributed by atoms with Gasteiger partial charge < -0.3 is 4.57 Å². The molecule has 1 saturated carbocycles. The second-order valence-electron chi connectivity index (χ2n) is 10.0. The third-order valence-electron chi connectivity index (χ3n) is 7.36. The summed E-state index contributed by atoms with van der Waals surface area (Å²) in [6, 6.07) is 8.50. The zero-order valence-corrected chi connectivity index (χ0v) is 21.8. The number of aryl methyl sites for hydroxylation is 3. The Morgan fingerprint density at radius 3 is 2.66 bits per heavy atom. The van der Waals surface area contributed by atoms with Crippen molar-refractivity contribution in [2.45, 2.75) is 72.6 Å². The molecule has 35 heavy (non-hydrogen) atoms. The molecule has 1 N–H and O–H groups in total. The quantitative estimate of drug-likeness (QED) is 0.477. The Morgan fingerprint density at radius 1 is 1.11 bits per heavy atom. The maximum absolute atomic E-state index is 12.9. The standard InChI is InChI=1S/C28H33N5OS/c1-17-10-11-18(2)24(14-17)32-19(3)15-22(20(32)4)16-23-26(29)33-28(30-27(23)34)35-25(31-33)13-12-21-8-6-5-7-9-21/h10-11,14-16,21,29H,5-9,12-13H2,1-4H3/b23-16-,29-26?. The molecule has 1 fully saturated rings. The van der Waals surface area contributed by atoms with Gasteiger partial charge >= 0.3 is 0 Å². The van der Waals surface area contributed by atoms with Gasteiger partial charge in [0.05, 0.1) is 5.57 Å². The summed E-state index contributed by atoms with van der Waals surface area (Å²) >= 11 is 1.44. The van der Waals surface area contributed by atoms with E-state index in [9.17, 15) is 4.79 Å². The number of amides is 1. The molecule has 3 heterocycles. The number of nitrogens with zero attached hydrogens (tertiary/aromatic N) is 4. The van der Waals surface area contributed by atoms with Crippen molar-refractivity contribution in [3.05, 3.63) is 57.9 Å². The minimum Gasteiger partial charge on any atom is -0.318 e. The first kappa shape index (κ1) is 23.8. The lowest BCUT2D eigenvalue weighted by molar-refractivity contribution is -0.114. The molecule has 1 aliphatic carbocycles. The van der Waals surface area contributed by atoms with Crippen LogP contribution in [0.1, 0.15) is 73.0 Å². The van der Waals surface area contributed by atoms with E-state index >= 15 is 0 Å². The number of amidine groups is 2. The predicted molar refractivity (Wildman–Crippen MR) is 146 cm³/mol. The van der Waals surface area contributed by atoms with Crippen molar-refractivity contribution in [3.63, 3.8) is 0 Å². The molecule has 0 spiro atoms. The number of carbonyl (C=O) groups excluding carboxylic acids is 1. The molecule has 1 aromatic carbocycles. The van der Waals surface area contributed by atoms with Crippen molar-refractivity contribution in [2.75, 3.05) is 0 Å². The van der Waals surface area contributed by atoms with Gasteiger partial charge in [-0.25, -0.2) is 0 Å². The van der Waals surface area contributed by atoms with Crippen molar-refractivity contribution in [1.29, 1.82) is 5.41 Å². The first-order valence-electron chi connectivity index (χ1n) is 12.6. The third-order valence-corrected chi connectivity index (χ3v) is 8.33. The lowest BCUT2D eigenvalue weighted by Crippen LogP contribution is -2.35. The number of thioether (sulfide) groups is 1. The fraction of sp³-hybridized carbons (Fsp3) is 0.429. The fourth-order valence-corrected chi connectivity index (χ4v) is 6.26. The van der Waals surface area contributed by atoms with Crippen LogP contribution in [0.5, 0.6) is 0 Å². The van der Waals surface area contributed by atoms with Crippen LogP contribution in [0.4, 0.5) is 0 Å². The topological polar surface area (TPSA) is 73.8 Å². The SMILES string of the molecule is Cc1ccc(C)c(-n2c(C)cc(/C=C3/C(=N)N4N=C(CCC5CCCCC5)SC4=NC3=O)c2C)c1. The smallest absolute Gasteiger partial charge is 0.283 e. The van der Waals surface area contributed by atoms with Crippen molar-refractivity contribution in [2.24, 2.45) is 16.0 Å². The van der Waals surface area contributed by atoms with Gasteiger partial charge in [-0.05, 0) is 93.1 Å². The summed E-state index contributed by atoms with van der Waals surface area (Å²) in [5.41, 5.74) is 6.85. The number of hydrogen-bond donors (Lipinski definition) is 1. The Labute approximate surface area is 211 Å². The third kappa shape index (κ3) is 4.66. The zero-order valence-electron chi connectivity index (χ0n) is 21.0. The lowest BCUT2D eigenvalue weighted by Gasteiger charge is -2.20. The molecule has 182 valence electrons. The fourth-order valence-electron chi connectivity index (χ4n) is 5.36. The summed E-state index contributed by atoms with van der Waals surface area (Å²) in [4.78, 5) is 17.2. The Hall–Kier alpha value is -2.93. The molecule has 7 heteroatoms. The zero-order chi connectivity index (χ0) is 24.7. The van der Waals surface area contributed by atoms with Crippen molar-refractivity contribution in [3.8, 4) is 5.69 Å². The van der Waals surface area contributed by atoms with Gasteiger partial charge in [-0.3, -0.25) is 10.2 Å². The van der Waals surface area contributed by atoms with Crippen LogP contribution in [0.2, 0.25) is 0 Å². The van der Waals surface area contributed by atoms with Crippen LogP contribution >= 0.6 is 11.8 Å². The number of aromatic nitrogens is 1. The maximum Gasteiger partial charge on any atom is 0.283 e. The molecule has 0 atom stereocenters. The van der Waals surface area contributed by atoms with Gasteiger partial charge in [-0.2, -0.15) is 15.1 Å². The highest BCUT2D eigenvalue weighted by molar-refractivity contribution is 8.26. The Balaban J connectivity index is 1.40. The first-order valence-corrected chi connectivity index (χ1v) is 13.4. The molecule has 6 nitrogen and oxygen atoms in total. The molecule has 2 aromatic rings. The van der Waals surface area contributed by atoms with E-state index in [1.54, 1.807) is 6.08 Å². The van der Waals surface area contributed by atoms with Crippen LogP contribution < -0.4 is 0 Å². The molecule has 1 aromatic heterocycles. The number of rotatable bonds is 5. The van der Waals surface area contributed by atoms with E-state index in [0.29, 0.717) is 5.17 Å². The average molecular weight is 488 g/mol. The minimum atomic E-state index is -0.367. The van der Waals surface area contributed by atoms with Gasteiger partial charge in [-0.15, -0.1) is 0 Å². The Kier molecular flexibility index (Phi) is 6.53. The molecule has 3 aliphatic rings. The lowest BCUT2D eigenvalue weighted by atomic mass is 9.86. The van der Waals surface area contributed by atoms with E-state index in [0.717, 1.165) is 46.4 Å². The minimum absolute atomic E-state index is 0.108. The van der Waals surface area contributed by atoms with Crippen LogP contribution in [-0.2, 0) is 4.79 Å². The predicted octanol–water partition coefficient (Wildman–Crippen LogP) is 6.69. The van der Waals surface area contributed by atoms with Gasteiger partial charge in [0, 0.05) is 17.1 Å². The van der Waals surface area contributed by atoms with Gasteiger partial charge in [-0.1, -0.05) is 44.2 Å².